The summed E-state index contributed by atoms with van der Waals surface area (Å²) in [7, 11) is 0. The van der Waals surface area contributed by atoms with Crippen molar-refractivity contribution < 1.29 is 0 Å². The van der Waals surface area contributed by atoms with Gasteiger partial charge in [0, 0.05) is 15.6 Å². The fraction of sp³-hybridized carbons (Fsp3) is 0. The summed E-state index contributed by atoms with van der Waals surface area (Å²) in [4.78, 5) is 0. The average molecular weight is 433 g/mol. The first kappa shape index (κ1) is 17.7. The topological polar surface area (TPSA) is 0 Å². The van der Waals surface area contributed by atoms with Gasteiger partial charge in [0.25, 0.3) is 0 Å². The highest BCUT2D eigenvalue weighted by Gasteiger charge is 2.22. The van der Waals surface area contributed by atoms with Gasteiger partial charge in [-0.3, -0.25) is 0 Å². The Hall–Kier alpha value is -3.34. The van der Waals surface area contributed by atoms with Crippen LogP contribution in [0.2, 0.25) is 0 Å². The maximum Gasteiger partial charge on any atom is 0.0406 e. The van der Waals surface area contributed by atoms with E-state index in [-0.39, 0.29) is 0 Å². The minimum Gasteiger partial charge on any atom is -0.0622 e. The summed E-state index contributed by atoms with van der Waals surface area (Å²) in [6.07, 6.45) is 0. The third-order valence-electron chi connectivity index (χ3n) is 5.19. The lowest BCUT2D eigenvalue weighted by molar-refractivity contribution is 1.54. The van der Waals surface area contributed by atoms with Gasteiger partial charge < -0.3 is 0 Å². The molecule has 1 aliphatic rings. The second kappa shape index (κ2) is 7.59. The summed E-state index contributed by atoms with van der Waals surface area (Å²) in [5, 5.41) is 0. The first-order chi connectivity index (χ1) is 14.3. The van der Waals surface area contributed by atoms with Crippen LogP contribution in [-0.4, -0.2) is 0 Å². The van der Waals surface area contributed by atoms with E-state index in [0.29, 0.717) is 0 Å². The van der Waals surface area contributed by atoms with Crippen LogP contribution in [0.1, 0.15) is 22.3 Å². The molecule has 136 valence electrons. The smallest absolute Gasteiger partial charge is 0.0406 e. The standard InChI is InChI=1S/C28H17Br/c29-22-16-14-21(15-17-22)23(20-8-2-1-3-9-20)18-19-28-26-12-6-4-10-24(26)25-11-5-7-13-27(25)28/h1-17H. The van der Waals surface area contributed by atoms with E-state index < -0.39 is 0 Å². The molecule has 0 radical (unpaired) electrons. The van der Waals surface area contributed by atoms with E-state index in [1.54, 1.807) is 0 Å². The van der Waals surface area contributed by atoms with E-state index in [2.05, 4.69) is 124 Å². The maximum absolute atomic E-state index is 3.53. The second-order valence-electron chi connectivity index (χ2n) is 6.96. The van der Waals surface area contributed by atoms with E-state index >= 15 is 0 Å². The van der Waals surface area contributed by atoms with E-state index in [1.165, 1.54) is 22.3 Å². The van der Waals surface area contributed by atoms with Gasteiger partial charge in [-0.05, 0) is 45.5 Å². The lowest BCUT2D eigenvalue weighted by Crippen LogP contribution is -1.86. The molecule has 29 heavy (non-hydrogen) atoms. The van der Waals surface area contributed by atoms with Gasteiger partial charge in [0.1, 0.15) is 0 Å². The number of fused-ring (bicyclic) bond motifs is 3. The van der Waals surface area contributed by atoms with Crippen LogP contribution >= 0.6 is 15.9 Å². The summed E-state index contributed by atoms with van der Waals surface area (Å²) in [5.41, 5.74) is 16.4. The van der Waals surface area contributed by atoms with Crippen molar-refractivity contribution in [2.75, 3.05) is 0 Å². The molecule has 0 aromatic heterocycles. The average Bonchev–Trinajstić information content (AvgIpc) is 3.10. The predicted molar refractivity (Wildman–Crippen MR) is 125 cm³/mol. The minimum absolute atomic E-state index is 1.03. The van der Waals surface area contributed by atoms with Crippen molar-refractivity contribution in [3.05, 3.63) is 141 Å². The summed E-state index contributed by atoms with van der Waals surface area (Å²) in [5.74, 6) is 0. The molecule has 1 aliphatic carbocycles. The molecule has 5 rings (SSSR count). The number of hydrogen-bond acceptors (Lipinski definition) is 0. The van der Waals surface area contributed by atoms with Crippen molar-refractivity contribution >= 4 is 27.1 Å². The molecule has 0 bridgehead atoms. The Bertz CT molecular complexity index is 1250. The van der Waals surface area contributed by atoms with Crippen LogP contribution in [0.25, 0.3) is 22.3 Å². The monoisotopic (exact) mass is 432 g/mol. The molecular formula is C28H17Br. The van der Waals surface area contributed by atoms with Crippen molar-refractivity contribution in [2.24, 2.45) is 0 Å². The zero-order valence-electron chi connectivity index (χ0n) is 15.7. The van der Waals surface area contributed by atoms with Gasteiger partial charge >= 0.3 is 0 Å². The number of halogens is 1. The fourth-order valence-electron chi connectivity index (χ4n) is 3.81. The van der Waals surface area contributed by atoms with Crippen LogP contribution in [0, 0.1) is 0 Å². The van der Waals surface area contributed by atoms with E-state index in [1.807, 2.05) is 6.07 Å². The first-order valence-electron chi connectivity index (χ1n) is 9.58. The minimum atomic E-state index is 1.03. The molecule has 0 aliphatic heterocycles. The van der Waals surface area contributed by atoms with Crippen LogP contribution in [0.3, 0.4) is 0 Å². The Morgan fingerprint density at radius 1 is 0.517 bits per heavy atom. The van der Waals surface area contributed by atoms with Crippen molar-refractivity contribution in [1.82, 2.24) is 0 Å². The Morgan fingerprint density at radius 3 is 1.59 bits per heavy atom. The highest BCUT2D eigenvalue weighted by atomic mass is 79.9. The highest BCUT2D eigenvalue weighted by Crippen LogP contribution is 2.43. The zero-order valence-corrected chi connectivity index (χ0v) is 17.3. The van der Waals surface area contributed by atoms with E-state index in [9.17, 15) is 0 Å². The fourth-order valence-corrected chi connectivity index (χ4v) is 4.07. The second-order valence-corrected chi connectivity index (χ2v) is 7.88. The Morgan fingerprint density at radius 2 is 1.00 bits per heavy atom. The molecule has 0 atom stereocenters. The van der Waals surface area contributed by atoms with Crippen LogP contribution in [0.4, 0.5) is 0 Å². The molecule has 0 saturated carbocycles. The highest BCUT2D eigenvalue weighted by molar-refractivity contribution is 9.10. The first-order valence-corrected chi connectivity index (χ1v) is 10.4. The van der Waals surface area contributed by atoms with Gasteiger partial charge in [-0.1, -0.05) is 118 Å². The predicted octanol–water partition coefficient (Wildman–Crippen LogP) is 7.75. The molecule has 0 N–H and O–H groups in total. The van der Waals surface area contributed by atoms with Gasteiger partial charge in [-0.2, -0.15) is 0 Å². The van der Waals surface area contributed by atoms with Crippen LogP contribution in [0.15, 0.2) is 119 Å². The molecule has 0 unspecified atom stereocenters. The van der Waals surface area contributed by atoms with Gasteiger partial charge in [0.2, 0.25) is 0 Å². The van der Waals surface area contributed by atoms with Crippen molar-refractivity contribution in [3.63, 3.8) is 0 Å². The molecule has 0 amide bonds. The Kier molecular flexibility index (Phi) is 4.64. The number of hydrogen-bond donors (Lipinski definition) is 0. The number of benzene rings is 4. The summed E-state index contributed by atoms with van der Waals surface area (Å²) >= 11 is 3.53. The van der Waals surface area contributed by atoms with Crippen LogP contribution in [-0.2, 0) is 0 Å². The summed E-state index contributed by atoms with van der Waals surface area (Å²) in [6.45, 7) is 0. The molecule has 4 aromatic rings. The molecule has 0 nitrogen and oxygen atoms in total. The third kappa shape index (κ3) is 3.33. The quantitative estimate of drug-likeness (QED) is 0.250. The normalized spacial score (nSPS) is 11.3. The van der Waals surface area contributed by atoms with E-state index in [0.717, 1.165) is 26.7 Å². The maximum atomic E-state index is 3.53. The van der Waals surface area contributed by atoms with Gasteiger partial charge in [0.15, 0.2) is 0 Å². The molecule has 0 saturated heterocycles. The van der Waals surface area contributed by atoms with Crippen LogP contribution < -0.4 is 0 Å². The molecular weight excluding hydrogens is 416 g/mol. The van der Waals surface area contributed by atoms with Crippen molar-refractivity contribution in [3.8, 4) is 11.1 Å². The lowest BCUT2D eigenvalue weighted by atomic mass is 9.98. The van der Waals surface area contributed by atoms with Gasteiger partial charge in [0.05, 0.1) is 0 Å². The molecule has 0 heterocycles. The van der Waals surface area contributed by atoms with E-state index in [4.69, 9.17) is 0 Å². The largest absolute Gasteiger partial charge is 0.0622 e. The van der Waals surface area contributed by atoms with Crippen molar-refractivity contribution in [1.29, 1.82) is 0 Å². The SMILES string of the molecule is Brc1ccc(C(=C=C=C2c3ccccc3-c3ccccc32)c2ccccc2)cc1. The lowest BCUT2D eigenvalue weighted by Gasteiger charge is -2.05. The molecule has 0 spiro atoms. The summed E-state index contributed by atoms with van der Waals surface area (Å²) in [6, 6.07) is 35.8. The molecule has 4 aromatic carbocycles. The molecule has 1 heteroatoms. The van der Waals surface area contributed by atoms with Gasteiger partial charge in [-0.25, -0.2) is 0 Å². The zero-order chi connectivity index (χ0) is 19.6. The third-order valence-corrected chi connectivity index (χ3v) is 5.72. The van der Waals surface area contributed by atoms with Gasteiger partial charge in [-0.15, -0.1) is 0 Å². The van der Waals surface area contributed by atoms with Crippen LogP contribution in [0.5, 0.6) is 0 Å². The Balaban J connectivity index is 1.82. The summed E-state index contributed by atoms with van der Waals surface area (Å²) < 4.78 is 1.06. The molecule has 0 fully saturated rings. The number of rotatable bonds is 2. The van der Waals surface area contributed by atoms with Crippen molar-refractivity contribution in [2.45, 2.75) is 0 Å². The Labute approximate surface area is 179 Å².